The minimum atomic E-state index is -1.10. The van der Waals surface area contributed by atoms with E-state index in [9.17, 15) is 0 Å². The van der Waals surface area contributed by atoms with Crippen LogP contribution < -0.4 is 0 Å². The van der Waals surface area contributed by atoms with Gasteiger partial charge in [-0.1, -0.05) is 43.9 Å². The van der Waals surface area contributed by atoms with Gasteiger partial charge in [0.1, 0.15) is 11.5 Å². The molecule has 0 aliphatic heterocycles. The summed E-state index contributed by atoms with van der Waals surface area (Å²) in [5.74, 6) is 2.32. The van der Waals surface area contributed by atoms with Gasteiger partial charge in [0, 0.05) is 11.6 Å². The zero-order valence-electron chi connectivity index (χ0n) is 11.4. The van der Waals surface area contributed by atoms with Crippen molar-refractivity contribution in [3.05, 3.63) is 47.2 Å². The third-order valence-corrected chi connectivity index (χ3v) is 4.90. The monoisotopic (exact) mass is 256 g/mol. The zero-order valence-corrected chi connectivity index (χ0v) is 12.4. The van der Waals surface area contributed by atoms with E-state index in [1.165, 1.54) is 22.5 Å². The first-order valence-electron chi connectivity index (χ1n) is 6.73. The van der Waals surface area contributed by atoms with Crippen LogP contribution in [0.25, 0.3) is 11.3 Å². The Labute approximate surface area is 110 Å². The average Bonchev–Trinajstić information content (AvgIpc) is 2.69. The van der Waals surface area contributed by atoms with Gasteiger partial charge in [-0.3, -0.25) is 0 Å². The number of hydrogen-bond acceptors (Lipinski definition) is 1. The van der Waals surface area contributed by atoms with Crippen molar-refractivity contribution in [2.45, 2.75) is 38.5 Å². The smallest absolute Gasteiger partial charge is 0.137 e. The molecule has 1 aromatic carbocycles. The number of aryl methyl sites for hydroxylation is 2. The molecular formula is C16H20OSi. The number of rotatable bonds is 2. The second-order valence-electron chi connectivity index (χ2n) is 6.46. The fourth-order valence-corrected chi connectivity index (χ4v) is 3.96. The lowest BCUT2D eigenvalue weighted by atomic mass is 9.91. The van der Waals surface area contributed by atoms with Gasteiger partial charge in [0.2, 0.25) is 0 Å². The van der Waals surface area contributed by atoms with Gasteiger partial charge in [0.05, 0.1) is 8.07 Å². The molecule has 3 rings (SSSR count). The first-order valence-corrected chi connectivity index (χ1v) is 10.4. The van der Waals surface area contributed by atoms with Gasteiger partial charge < -0.3 is 4.42 Å². The molecule has 0 bridgehead atoms. The van der Waals surface area contributed by atoms with Crippen molar-refractivity contribution in [3.8, 4) is 11.3 Å². The summed E-state index contributed by atoms with van der Waals surface area (Å²) >= 11 is 0. The Morgan fingerprint density at radius 3 is 2.56 bits per heavy atom. The molecular weight excluding hydrogens is 236 g/mol. The molecule has 0 atom stereocenters. The van der Waals surface area contributed by atoms with Crippen molar-refractivity contribution < 1.29 is 4.42 Å². The molecule has 1 aliphatic rings. The van der Waals surface area contributed by atoms with Crippen LogP contribution in [0.4, 0.5) is 0 Å². The van der Waals surface area contributed by atoms with Crippen LogP contribution in [0.1, 0.15) is 16.9 Å². The summed E-state index contributed by atoms with van der Waals surface area (Å²) in [5.41, 5.74) is 4.14. The molecule has 0 saturated carbocycles. The van der Waals surface area contributed by atoms with Gasteiger partial charge in [-0.2, -0.15) is 0 Å². The molecule has 0 spiro atoms. The van der Waals surface area contributed by atoms with Gasteiger partial charge in [-0.05, 0) is 30.0 Å². The molecule has 1 heterocycles. The van der Waals surface area contributed by atoms with Gasteiger partial charge in [0.25, 0.3) is 0 Å². The predicted octanol–water partition coefficient (Wildman–Crippen LogP) is 4.47. The van der Waals surface area contributed by atoms with Crippen molar-refractivity contribution in [2.24, 2.45) is 0 Å². The Morgan fingerprint density at radius 1 is 1.06 bits per heavy atom. The quantitative estimate of drug-likeness (QED) is 0.723. The number of furan rings is 1. The molecule has 1 aliphatic carbocycles. The Morgan fingerprint density at radius 2 is 1.78 bits per heavy atom. The van der Waals surface area contributed by atoms with Crippen LogP contribution in [-0.4, -0.2) is 8.07 Å². The van der Waals surface area contributed by atoms with Crippen LogP contribution in [0.2, 0.25) is 19.6 Å². The van der Waals surface area contributed by atoms with Crippen LogP contribution in [0.15, 0.2) is 34.7 Å². The van der Waals surface area contributed by atoms with Crippen molar-refractivity contribution in [3.63, 3.8) is 0 Å². The molecule has 18 heavy (non-hydrogen) atoms. The Hall–Kier alpha value is -1.28. The van der Waals surface area contributed by atoms with Gasteiger partial charge >= 0.3 is 0 Å². The minimum absolute atomic E-state index is 1.10. The van der Waals surface area contributed by atoms with E-state index in [4.69, 9.17) is 4.42 Å². The maximum atomic E-state index is 6.14. The summed E-state index contributed by atoms with van der Waals surface area (Å²) < 4.78 is 6.14. The van der Waals surface area contributed by atoms with E-state index in [1.54, 1.807) is 0 Å². The van der Waals surface area contributed by atoms with Crippen molar-refractivity contribution in [1.82, 2.24) is 0 Å². The molecule has 0 radical (unpaired) electrons. The van der Waals surface area contributed by atoms with Gasteiger partial charge in [-0.15, -0.1) is 0 Å². The lowest BCUT2D eigenvalue weighted by molar-refractivity contribution is 0.536. The van der Waals surface area contributed by atoms with E-state index in [0.717, 1.165) is 24.6 Å². The Balaban J connectivity index is 2.02. The standard InChI is InChI=1S/C16H20OSi/c1-18(2,3)11-14-10-13-9-8-12-6-4-5-7-15(12)16(13)17-14/h4-7,10H,8-9,11H2,1-3H3. The molecule has 0 unspecified atom stereocenters. The molecule has 0 N–H and O–H groups in total. The molecule has 94 valence electrons. The number of fused-ring (bicyclic) bond motifs is 3. The highest BCUT2D eigenvalue weighted by Gasteiger charge is 2.23. The summed E-state index contributed by atoms with van der Waals surface area (Å²) in [6, 6.07) is 12.1. The SMILES string of the molecule is C[Si](C)(C)Cc1cc2c(o1)-c1ccccc1CC2. The number of hydrogen-bond donors (Lipinski definition) is 0. The summed E-state index contributed by atoms with van der Waals surface area (Å²) in [7, 11) is -1.10. The van der Waals surface area contributed by atoms with E-state index < -0.39 is 8.07 Å². The van der Waals surface area contributed by atoms with E-state index in [-0.39, 0.29) is 0 Å². The zero-order chi connectivity index (χ0) is 12.8. The molecule has 1 nitrogen and oxygen atoms in total. The largest absolute Gasteiger partial charge is 0.461 e. The third-order valence-electron chi connectivity index (χ3n) is 3.49. The van der Waals surface area contributed by atoms with Gasteiger partial charge in [-0.25, -0.2) is 0 Å². The summed E-state index contributed by atoms with van der Waals surface area (Å²) in [6.45, 7) is 7.17. The Kier molecular flexibility index (Phi) is 2.70. The van der Waals surface area contributed by atoms with Crippen molar-refractivity contribution in [2.75, 3.05) is 0 Å². The lowest BCUT2D eigenvalue weighted by Gasteiger charge is -2.14. The van der Waals surface area contributed by atoms with E-state index in [0.29, 0.717) is 0 Å². The molecule has 2 heteroatoms. The summed E-state index contributed by atoms with van der Waals surface area (Å²) in [4.78, 5) is 0. The molecule has 0 saturated heterocycles. The van der Waals surface area contributed by atoms with Crippen LogP contribution >= 0.6 is 0 Å². The van der Waals surface area contributed by atoms with Gasteiger partial charge in [0.15, 0.2) is 0 Å². The highest BCUT2D eigenvalue weighted by Crippen LogP contribution is 2.36. The highest BCUT2D eigenvalue weighted by atomic mass is 28.3. The molecule has 0 fully saturated rings. The lowest BCUT2D eigenvalue weighted by Crippen LogP contribution is -2.23. The average molecular weight is 256 g/mol. The first-order chi connectivity index (χ1) is 8.53. The van der Waals surface area contributed by atoms with Crippen LogP contribution in [-0.2, 0) is 18.9 Å². The summed E-state index contributed by atoms with van der Waals surface area (Å²) in [5, 5.41) is 0. The van der Waals surface area contributed by atoms with Crippen molar-refractivity contribution in [1.29, 1.82) is 0 Å². The van der Waals surface area contributed by atoms with Crippen LogP contribution in [0, 0.1) is 0 Å². The topological polar surface area (TPSA) is 13.1 Å². The highest BCUT2D eigenvalue weighted by molar-refractivity contribution is 6.75. The van der Waals surface area contributed by atoms with E-state index in [2.05, 4.69) is 50.0 Å². The summed E-state index contributed by atoms with van der Waals surface area (Å²) in [6.07, 6.45) is 2.27. The molecule has 1 aromatic heterocycles. The third kappa shape index (κ3) is 2.17. The van der Waals surface area contributed by atoms with Crippen LogP contribution in [0.5, 0.6) is 0 Å². The van der Waals surface area contributed by atoms with Crippen LogP contribution in [0.3, 0.4) is 0 Å². The fourth-order valence-electron chi connectivity index (χ4n) is 2.74. The molecule has 2 aromatic rings. The fraction of sp³-hybridized carbons (Fsp3) is 0.375. The normalized spacial score (nSPS) is 14.2. The predicted molar refractivity (Wildman–Crippen MR) is 78.6 cm³/mol. The van der Waals surface area contributed by atoms with E-state index >= 15 is 0 Å². The second-order valence-corrected chi connectivity index (χ2v) is 11.9. The first kappa shape index (κ1) is 11.8. The maximum Gasteiger partial charge on any atom is 0.137 e. The molecule has 0 amide bonds. The second kappa shape index (κ2) is 4.13. The minimum Gasteiger partial charge on any atom is -0.461 e. The van der Waals surface area contributed by atoms with Crippen molar-refractivity contribution >= 4 is 8.07 Å². The van der Waals surface area contributed by atoms with E-state index in [1.807, 2.05) is 0 Å². The Bertz CT molecular complexity index is 575. The maximum absolute atomic E-state index is 6.14. The number of benzene rings is 1.